The largest absolute Gasteiger partial charge is 0.507 e. The number of aliphatic hydroxyl groups is 1. The number of hydrogen-bond acceptors (Lipinski definition) is 7. The summed E-state index contributed by atoms with van der Waals surface area (Å²) in [4.78, 5) is 27.5. The molecule has 2 aromatic carbocycles. The first-order valence-corrected chi connectivity index (χ1v) is 10.4. The maximum atomic E-state index is 13.1. The van der Waals surface area contributed by atoms with E-state index in [9.17, 15) is 14.7 Å². The van der Waals surface area contributed by atoms with Crippen molar-refractivity contribution in [3.8, 4) is 17.2 Å². The SMILES string of the molecule is COCCN1C(=O)C(=O)/C(=C(/O)c2cc(C)c(OC)cc2C)C1c1ccc(OC)c(OC)c1. The third-order valence-electron chi connectivity index (χ3n) is 5.80. The van der Waals surface area contributed by atoms with Crippen molar-refractivity contribution in [1.82, 2.24) is 4.90 Å². The van der Waals surface area contributed by atoms with Crippen molar-refractivity contribution in [3.63, 3.8) is 0 Å². The number of amides is 1. The Morgan fingerprint density at radius 1 is 0.909 bits per heavy atom. The van der Waals surface area contributed by atoms with Crippen molar-refractivity contribution in [3.05, 3.63) is 58.2 Å². The van der Waals surface area contributed by atoms with E-state index in [0.29, 0.717) is 33.9 Å². The number of ether oxygens (including phenoxy) is 4. The van der Waals surface area contributed by atoms with Gasteiger partial charge in [0.15, 0.2) is 11.5 Å². The number of aryl methyl sites for hydroxylation is 2. The standard InChI is InChI=1S/C25H29NO7/c1-14-12-19(32-5)15(2)11-17(14)23(27)21-22(26(9-10-30-3)25(29)24(21)28)16-7-8-18(31-4)20(13-16)33-6/h7-8,11-13,22,27H,9-10H2,1-6H3/b23-21+. The predicted molar refractivity (Wildman–Crippen MR) is 123 cm³/mol. The van der Waals surface area contributed by atoms with Gasteiger partial charge in [0.25, 0.3) is 11.7 Å². The summed E-state index contributed by atoms with van der Waals surface area (Å²) in [6.45, 7) is 4.07. The second-order valence-electron chi connectivity index (χ2n) is 7.74. The Hall–Kier alpha value is -3.52. The van der Waals surface area contributed by atoms with E-state index in [0.717, 1.165) is 5.56 Å². The smallest absolute Gasteiger partial charge is 0.295 e. The highest BCUT2D eigenvalue weighted by molar-refractivity contribution is 6.46. The maximum absolute atomic E-state index is 13.1. The molecule has 3 rings (SSSR count). The molecular formula is C25H29NO7. The fourth-order valence-corrected chi connectivity index (χ4v) is 4.08. The van der Waals surface area contributed by atoms with Crippen molar-refractivity contribution in [2.24, 2.45) is 0 Å². The molecule has 176 valence electrons. The molecule has 1 heterocycles. The number of nitrogens with zero attached hydrogens (tertiary/aromatic N) is 1. The summed E-state index contributed by atoms with van der Waals surface area (Å²) in [5.74, 6) is -0.0645. The number of Topliss-reactive ketones (excluding diaryl/α,β-unsaturated/α-hetero) is 1. The summed E-state index contributed by atoms with van der Waals surface area (Å²) in [7, 11) is 6.12. The van der Waals surface area contributed by atoms with E-state index in [4.69, 9.17) is 18.9 Å². The minimum atomic E-state index is -0.818. The molecule has 0 bridgehead atoms. The fourth-order valence-electron chi connectivity index (χ4n) is 4.08. The van der Waals surface area contributed by atoms with Crippen LogP contribution in [0.2, 0.25) is 0 Å². The van der Waals surface area contributed by atoms with Gasteiger partial charge in [0, 0.05) is 19.2 Å². The minimum absolute atomic E-state index is 0.0102. The third-order valence-corrected chi connectivity index (χ3v) is 5.80. The molecule has 1 saturated heterocycles. The zero-order valence-electron chi connectivity index (χ0n) is 19.7. The molecule has 0 saturated carbocycles. The van der Waals surface area contributed by atoms with Gasteiger partial charge in [0.1, 0.15) is 11.5 Å². The lowest BCUT2D eigenvalue weighted by molar-refractivity contribution is -0.140. The molecule has 1 aliphatic heterocycles. The lowest BCUT2D eigenvalue weighted by atomic mass is 9.93. The van der Waals surface area contributed by atoms with Crippen LogP contribution in [0.1, 0.15) is 28.3 Å². The second-order valence-corrected chi connectivity index (χ2v) is 7.74. The van der Waals surface area contributed by atoms with Gasteiger partial charge in [-0.05, 0) is 54.8 Å². The predicted octanol–water partition coefficient (Wildman–Crippen LogP) is 3.40. The number of likely N-dealkylation sites (tertiary alicyclic amines) is 1. The molecule has 0 spiro atoms. The first-order chi connectivity index (χ1) is 15.8. The zero-order valence-corrected chi connectivity index (χ0v) is 19.7. The van der Waals surface area contributed by atoms with Gasteiger partial charge >= 0.3 is 0 Å². The number of carbonyl (C=O) groups is 2. The molecule has 1 unspecified atom stereocenters. The fraction of sp³-hybridized carbons (Fsp3) is 0.360. The van der Waals surface area contributed by atoms with Crippen molar-refractivity contribution in [2.75, 3.05) is 41.6 Å². The molecule has 1 atom stereocenters. The van der Waals surface area contributed by atoms with Crippen molar-refractivity contribution in [1.29, 1.82) is 0 Å². The average molecular weight is 456 g/mol. The summed E-state index contributed by atoms with van der Waals surface area (Å²) in [5.41, 5.74) is 2.58. The number of benzene rings is 2. The molecule has 8 nitrogen and oxygen atoms in total. The number of hydrogen-bond donors (Lipinski definition) is 1. The van der Waals surface area contributed by atoms with E-state index in [1.165, 1.54) is 26.2 Å². The number of rotatable bonds is 8. The molecule has 8 heteroatoms. The first kappa shape index (κ1) is 24.1. The molecule has 1 fully saturated rings. The highest BCUT2D eigenvalue weighted by Crippen LogP contribution is 2.42. The molecule has 1 amide bonds. The Labute approximate surface area is 193 Å². The quantitative estimate of drug-likeness (QED) is 0.370. The highest BCUT2D eigenvalue weighted by Gasteiger charge is 2.46. The first-order valence-electron chi connectivity index (χ1n) is 10.4. The summed E-state index contributed by atoms with van der Waals surface area (Å²) in [6, 6.07) is 7.87. The van der Waals surface area contributed by atoms with Crippen molar-refractivity contribution < 1.29 is 33.6 Å². The summed E-state index contributed by atoms with van der Waals surface area (Å²) in [5, 5.41) is 11.3. The Morgan fingerprint density at radius 3 is 2.18 bits per heavy atom. The van der Waals surface area contributed by atoms with Crippen LogP contribution < -0.4 is 14.2 Å². The molecule has 0 aromatic heterocycles. The van der Waals surface area contributed by atoms with Crippen LogP contribution in [0.15, 0.2) is 35.9 Å². The van der Waals surface area contributed by atoms with E-state index >= 15 is 0 Å². The molecule has 0 aliphatic carbocycles. The second kappa shape index (κ2) is 9.95. The zero-order chi connectivity index (χ0) is 24.3. The molecular weight excluding hydrogens is 426 g/mol. The van der Waals surface area contributed by atoms with Gasteiger partial charge in [-0.2, -0.15) is 0 Å². The van der Waals surface area contributed by atoms with Crippen LogP contribution in [0.3, 0.4) is 0 Å². The molecule has 1 aliphatic rings. The Morgan fingerprint density at radius 2 is 1.58 bits per heavy atom. The van der Waals surface area contributed by atoms with Crippen LogP contribution in [-0.2, 0) is 14.3 Å². The summed E-state index contributed by atoms with van der Waals surface area (Å²) >= 11 is 0. The number of methoxy groups -OCH3 is 4. The van der Waals surface area contributed by atoms with E-state index < -0.39 is 17.7 Å². The van der Waals surface area contributed by atoms with E-state index in [1.807, 2.05) is 13.8 Å². The molecule has 0 radical (unpaired) electrons. The molecule has 1 N–H and O–H groups in total. The monoisotopic (exact) mass is 455 g/mol. The number of carbonyl (C=O) groups excluding carboxylic acids is 2. The van der Waals surface area contributed by atoms with E-state index in [1.54, 1.807) is 37.4 Å². The van der Waals surface area contributed by atoms with Gasteiger partial charge in [-0.3, -0.25) is 9.59 Å². The maximum Gasteiger partial charge on any atom is 0.295 e. The molecule has 2 aromatic rings. The van der Waals surface area contributed by atoms with E-state index in [-0.39, 0.29) is 24.5 Å². The van der Waals surface area contributed by atoms with Crippen molar-refractivity contribution in [2.45, 2.75) is 19.9 Å². The van der Waals surface area contributed by atoms with Crippen LogP contribution >= 0.6 is 0 Å². The van der Waals surface area contributed by atoms with Gasteiger partial charge in [0.2, 0.25) is 0 Å². The lowest BCUT2D eigenvalue weighted by Crippen LogP contribution is -2.32. The normalized spacial score (nSPS) is 17.4. The van der Waals surface area contributed by atoms with Crippen LogP contribution in [0.25, 0.3) is 5.76 Å². The Balaban J connectivity index is 2.24. The van der Waals surface area contributed by atoms with Crippen LogP contribution in [0.4, 0.5) is 0 Å². The number of ketones is 1. The highest BCUT2D eigenvalue weighted by atomic mass is 16.5. The van der Waals surface area contributed by atoms with Gasteiger partial charge < -0.3 is 29.0 Å². The van der Waals surface area contributed by atoms with Crippen LogP contribution in [0, 0.1) is 13.8 Å². The van der Waals surface area contributed by atoms with Crippen LogP contribution in [0.5, 0.6) is 17.2 Å². The van der Waals surface area contributed by atoms with Gasteiger partial charge in [0.05, 0.1) is 39.6 Å². The minimum Gasteiger partial charge on any atom is -0.507 e. The summed E-state index contributed by atoms with van der Waals surface area (Å²) < 4.78 is 21.2. The van der Waals surface area contributed by atoms with E-state index in [2.05, 4.69) is 0 Å². The van der Waals surface area contributed by atoms with Gasteiger partial charge in [-0.25, -0.2) is 0 Å². The molecule has 33 heavy (non-hydrogen) atoms. The van der Waals surface area contributed by atoms with Crippen molar-refractivity contribution >= 4 is 17.4 Å². The topological polar surface area (TPSA) is 94.5 Å². The third kappa shape index (κ3) is 4.39. The Kier molecular flexibility index (Phi) is 7.28. The van der Waals surface area contributed by atoms with Gasteiger partial charge in [-0.1, -0.05) is 6.07 Å². The van der Waals surface area contributed by atoms with Crippen LogP contribution in [-0.4, -0.2) is 63.3 Å². The average Bonchev–Trinajstić information content (AvgIpc) is 3.07. The lowest BCUT2D eigenvalue weighted by Gasteiger charge is -2.26. The number of aliphatic hydroxyl groups excluding tert-OH is 1. The summed E-state index contributed by atoms with van der Waals surface area (Å²) in [6.07, 6.45) is 0. The Bertz CT molecular complexity index is 1110. The van der Waals surface area contributed by atoms with Gasteiger partial charge in [-0.15, -0.1) is 0 Å².